The average molecular weight is 320 g/mol. The summed E-state index contributed by atoms with van der Waals surface area (Å²) in [6.45, 7) is 7.53. The van der Waals surface area contributed by atoms with E-state index >= 15 is 0 Å². The third-order valence-corrected chi connectivity index (χ3v) is 4.36. The van der Waals surface area contributed by atoms with E-state index in [1.807, 2.05) is 25.1 Å². The molecule has 1 aliphatic rings. The molecular weight excluding hydrogens is 292 g/mol. The predicted molar refractivity (Wildman–Crippen MR) is 91.0 cm³/mol. The first kappa shape index (κ1) is 17.6. The summed E-state index contributed by atoms with van der Waals surface area (Å²) in [6.07, 6.45) is 1.95. The smallest absolute Gasteiger partial charge is 0.315 e. The maximum absolute atomic E-state index is 12.1. The summed E-state index contributed by atoms with van der Waals surface area (Å²) in [7, 11) is 1.66. The molecule has 1 aliphatic heterocycles. The number of carbonyl (C=O) groups is 1. The second-order valence-corrected chi connectivity index (χ2v) is 6.85. The molecular formula is C18H28N2O3. The summed E-state index contributed by atoms with van der Waals surface area (Å²) in [6, 6.07) is 8.05. The number of rotatable bonds is 5. The zero-order valence-corrected chi connectivity index (χ0v) is 14.5. The molecule has 23 heavy (non-hydrogen) atoms. The van der Waals surface area contributed by atoms with Gasteiger partial charge < -0.3 is 20.1 Å². The van der Waals surface area contributed by atoms with Crippen LogP contribution in [0.2, 0.25) is 0 Å². The van der Waals surface area contributed by atoms with E-state index in [1.54, 1.807) is 7.11 Å². The number of carbonyl (C=O) groups excluding carboxylic acids is 1. The third-order valence-electron chi connectivity index (χ3n) is 4.36. The second kappa shape index (κ2) is 7.68. The van der Waals surface area contributed by atoms with E-state index < -0.39 is 0 Å². The average Bonchev–Trinajstić information content (AvgIpc) is 2.53. The fourth-order valence-electron chi connectivity index (χ4n) is 2.81. The molecule has 1 saturated heterocycles. The highest BCUT2D eigenvalue weighted by molar-refractivity contribution is 5.74. The number of benzene rings is 1. The van der Waals surface area contributed by atoms with Gasteiger partial charge in [-0.1, -0.05) is 26.0 Å². The van der Waals surface area contributed by atoms with Gasteiger partial charge in [0.05, 0.1) is 13.2 Å². The van der Waals surface area contributed by atoms with E-state index in [-0.39, 0.29) is 23.6 Å². The Labute approximate surface area is 138 Å². The molecule has 0 saturated carbocycles. The first-order chi connectivity index (χ1) is 10.9. The van der Waals surface area contributed by atoms with E-state index in [0.29, 0.717) is 13.2 Å². The van der Waals surface area contributed by atoms with Crippen molar-refractivity contribution in [2.75, 3.05) is 20.3 Å². The van der Waals surface area contributed by atoms with Crippen LogP contribution in [0.3, 0.4) is 0 Å². The van der Waals surface area contributed by atoms with Gasteiger partial charge in [0.1, 0.15) is 5.75 Å². The lowest BCUT2D eigenvalue weighted by molar-refractivity contribution is 0.0154. The lowest BCUT2D eigenvalue weighted by Gasteiger charge is -2.29. The van der Waals surface area contributed by atoms with Crippen molar-refractivity contribution in [3.8, 4) is 5.75 Å². The van der Waals surface area contributed by atoms with Gasteiger partial charge in [-0.25, -0.2) is 4.79 Å². The number of amides is 2. The van der Waals surface area contributed by atoms with Gasteiger partial charge in [0, 0.05) is 24.6 Å². The van der Waals surface area contributed by atoms with E-state index in [2.05, 4.69) is 30.5 Å². The zero-order chi connectivity index (χ0) is 16.9. The first-order valence-corrected chi connectivity index (χ1v) is 8.21. The molecule has 5 nitrogen and oxygen atoms in total. The molecule has 0 spiro atoms. The van der Waals surface area contributed by atoms with Crippen LogP contribution in [-0.2, 0) is 10.2 Å². The molecule has 1 aromatic rings. The highest BCUT2D eigenvalue weighted by Gasteiger charge is 2.24. The molecule has 5 heteroatoms. The van der Waals surface area contributed by atoms with Gasteiger partial charge in [0.25, 0.3) is 0 Å². The number of methoxy groups -OCH3 is 1. The minimum Gasteiger partial charge on any atom is -0.497 e. The Balaban J connectivity index is 1.86. The van der Waals surface area contributed by atoms with E-state index in [1.165, 1.54) is 0 Å². The van der Waals surface area contributed by atoms with Gasteiger partial charge >= 0.3 is 6.03 Å². The summed E-state index contributed by atoms with van der Waals surface area (Å²) in [5.41, 5.74) is 0.964. The topological polar surface area (TPSA) is 59.6 Å². The Hall–Kier alpha value is -1.75. The molecule has 1 fully saturated rings. The standard InChI is InChI=1S/C18H28N2O3/c1-13-10-15(8-9-23-13)20-17(21)19-12-18(2,3)14-6-5-7-16(11-14)22-4/h5-7,11,13,15H,8-10,12H2,1-4H3,(H2,19,20,21)/t13-,15+/m0/s1. The van der Waals surface area contributed by atoms with E-state index in [0.717, 1.165) is 24.2 Å². The fourth-order valence-corrected chi connectivity index (χ4v) is 2.81. The van der Waals surface area contributed by atoms with Crippen LogP contribution in [-0.4, -0.2) is 38.4 Å². The summed E-state index contributed by atoms with van der Waals surface area (Å²) in [4.78, 5) is 12.1. The Bertz CT molecular complexity index is 531. The van der Waals surface area contributed by atoms with Gasteiger partial charge in [0.2, 0.25) is 0 Å². The quantitative estimate of drug-likeness (QED) is 0.877. The van der Waals surface area contributed by atoms with Crippen molar-refractivity contribution in [3.63, 3.8) is 0 Å². The van der Waals surface area contributed by atoms with Gasteiger partial charge in [-0.15, -0.1) is 0 Å². The van der Waals surface area contributed by atoms with Crippen molar-refractivity contribution in [2.24, 2.45) is 0 Å². The number of nitrogens with one attached hydrogen (secondary N) is 2. The van der Waals surface area contributed by atoms with Crippen LogP contribution in [0.25, 0.3) is 0 Å². The second-order valence-electron chi connectivity index (χ2n) is 6.85. The molecule has 1 aromatic carbocycles. The monoisotopic (exact) mass is 320 g/mol. The molecule has 0 bridgehead atoms. The van der Waals surface area contributed by atoms with Gasteiger partial charge in [-0.2, -0.15) is 0 Å². The van der Waals surface area contributed by atoms with Crippen LogP contribution in [0.4, 0.5) is 4.79 Å². The predicted octanol–water partition coefficient (Wildman–Crippen LogP) is 2.84. The molecule has 128 valence electrons. The Morgan fingerprint density at radius 2 is 2.22 bits per heavy atom. The van der Waals surface area contributed by atoms with Crippen molar-refractivity contribution in [2.45, 2.75) is 51.2 Å². The van der Waals surface area contributed by atoms with Crippen molar-refractivity contribution < 1.29 is 14.3 Å². The van der Waals surface area contributed by atoms with Gasteiger partial charge in [0.15, 0.2) is 0 Å². The zero-order valence-electron chi connectivity index (χ0n) is 14.5. The molecule has 0 aromatic heterocycles. The maximum Gasteiger partial charge on any atom is 0.315 e. The molecule has 2 N–H and O–H groups in total. The van der Waals surface area contributed by atoms with Gasteiger partial charge in [-0.3, -0.25) is 0 Å². The van der Waals surface area contributed by atoms with Crippen molar-refractivity contribution >= 4 is 6.03 Å². The van der Waals surface area contributed by atoms with E-state index in [4.69, 9.17) is 9.47 Å². The number of ether oxygens (including phenoxy) is 2. The molecule has 2 amide bonds. The lowest BCUT2D eigenvalue weighted by atomic mass is 9.84. The number of urea groups is 1. The van der Waals surface area contributed by atoms with Crippen molar-refractivity contribution in [3.05, 3.63) is 29.8 Å². The minimum absolute atomic E-state index is 0.111. The summed E-state index contributed by atoms with van der Waals surface area (Å²) >= 11 is 0. The summed E-state index contributed by atoms with van der Waals surface area (Å²) < 4.78 is 10.8. The van der Waals surface area contributed by atoms with Crippen LogP contribution >= 0.6 is 0 Å². The summed E-state index contributed by atoms with van der Waals surface area (Å²) in [5.74, 6) is 0.830. The normalized spacial score (nSPS) is 21.6. The molecule has 0 aliphatic carbocycles. The third kappa shape index (κ3) is 5.13. The van der Waals surface area contributed by atoms with E-state index in [9.17, 15) is 4.79 Å². The molecule has 2 rings (SSSR count). The largest absolute Gasteiger partial charge is 0.497 e. The minimum atomic E-state index is -0.172. The van der Waals surface area contributed by atoms with Crippen LogP contribution < -0.4 is 15.4 Å². The lowest BCUT2D eigenvalue weighted by Crippen LogP contribution is -2.48. The first-order valence-electron chi connectivity index (χ1n) is 8.21. The molecule has 0 radical (unpaired) electrons. The van der Waals surface area contributed by atoms with Crippen LogP contribution in [0, 0.1) is 0 Å². The Morgan fingerprint density at radius 3 is 2.91 bits per heavy atom. The fraction of sp³-hybridized carbons (Fsp3) is 0.611. The van der Waals surface area contributed by atoms with Crippen LogP contribution in [0.5, 0.6) is 5.75 Å². The maximum atomic E-state index is 12.1. The highest BCUT2D eigenvalue weighted by atomic mass is 16.5. The molecule has 1 heterocycles. The Morgan fingerprint density at radius 1 is 1.43 bits per heavy atom. The highest BCUT2D eigenvalue weighted by Crippen LogP contribution is 2.25. The Kier molecular flexibility index (Phi) is 5.88. The van der Waals surface area contributed by atoms with Crippen molar-refractivity contribution in [1.82, 2.24) is 10.6 Å². The molecule has 0 unspecified atom stereocenters. The van der Waals surface area contributed by atoms with Crippen molar-refractivity contribution in [1.29, 1.82) is 0 Å². The molecule has 2 atom stereocenters. The SMILES string of the molecule is COc1cccc(C(C)(C)CNC(=O)N[C@@H]2CCO[C@@H](C)C2)c1. The van der Waals surface area contributed by atoms with Crippen LogP contribution in [0.15, 0.2) is 24.3 Å². The number of hydrogen-bond acceptors (Lipinski definition) is 3. The summed E-state index contributed by atoms with van der Waals surface area (Å²) in [5, 5.41) is 6.03. The van der Waals surface area contributed by atoms with Crippen LogP contribution in [0.1, 0.15) is 39.2 Å². The number of hydrogen-bond donors (Lipinski definition) is 2. The van der Waals surface area contributed by atoms with Gasteiger partial charge in [-0.05, 0) is 37.5 Å².